The van der Waals surface area contributed by atoms with Gasteiger partial charge in [0.1, 0.15) is 17.9 Å². The van der Waals surface area contributed by atoms with E-state index in [1.54, 1.807) is 38.6 Å². The number of piperidine rings is 1. The predicted molar refractivity (Wildman–Crippen MR) is 188 cm³/mol. The summed E-state index contributed by atoms with van der Waals surface area (Å²) >= 11 is 6.43. The minimum absolute atomic E-state index is 0.231. The minimum Gasteiger partial charge on any atom is -0.495 e. The van der Waals surface area contributed by atoms with E-state index in [9.17, 15) is 9.36 Å². The Balaban J connectivity index is 1.21. The number of methoxy groups -OCH3 is 1. The lowest BCUT2D eigenvalue weighted by Crippen LogP contribution is -2.56. The molecule has 0 radical (unpaired) electrons. The Labute approximate surface area is 276 Å². The highest BCUT2D eigenvalue weighted by atomic mass is 35.5. The Bertz CT molecular complexity index is 1610. The lowest BCUT2D eigenvalue weighted by Gasteiger charge is -2.43. The first-order chi connectivity index (χ1) is 22.0. The van der Waals surface area contributed by atoms with Crippen LogP contribution in [0.15, 0.2) is 60.8 Å². The number of hydrogen-bond acceptors (Lipinski definition) is 10. The number of carbonyl (C=O) groups is 1. The molecule has 0 saturated carbocycles. The van der Waals surface area contributed by atoms with Crippen molar-refractivity contribution in [2.45, 2.75) is 31.8 Å². The number of rotatable bonds is 11. The molecule has 1 amide bonds. The van der Waals surface area contributed by atoms with Crippen molar-refractivity contribution < 1.29 is 14.1 Å². The third-order valence-electron chi connectivity index (χ3n) is 8.50. The lowest BCUT2D eigenvalue weighted by molar-refractivity contribution is -0.113. The second-order valence-corrected chi connectivity index (χ2v) is 15.9. The normalized spacial score (nSPS) is 18.2. The molecule has 0 spiro atoms. The molecule has 2 aliphatic heterocycles. The molecule has 13 heteroatoms. The van der Waals surface area contributed by atoms with Crippen molar-refractivity contribution in [1.29, 1.82) is 0 Å². The van der Waals surface area contributed by atoms with Crippen LogP contribution in [0.3, 0.4) is 0 Å². The highest BCUT2D eigenvalue weighted by Gasteiger charge is 2.29. The SMILES string of the molecule is C=C(CN1CCC(N2CCNCC2C)CC1)C(=O)Nc1ccc(OC)c(Nc2ncc(Cl)c(Nc3ccccc3P(C)(C)=O)n2)c1. The second-order valence-electron chi connectivity index (χ2n) is 12.3. The van der Waals surface area contributed by atoms with Gasteiger partial charge >= 0.3 is 0 Å². The summed E-state index contributed by atoms with van der Waals surface area (Å²) < 4.78 is 18.4. The molecule has 0 aliphatic carbocycles. The summed E-state index contributed by atoms with van der Waals surface area (Å²) in [6.45, 7) is 15.4. The monoisotopic (exact) mass is 666 g/mol. The molecule has 46 heavy (non-hydrogen) atoms. The molecule has 2 fully saturated rings. The van der Waals surface area contributed by atoms with E-state index in [4.69, 9.17) is 16.3 Å². The van der Waals surface area contributed by atoms with Crippen molar-refractivity contribution in [1.82, 2.24) is 25.1 Å². The van der Waals surface area contributed by atoms with Gasteiger partial charge in [-0.05, 0) is 76.5 Å². The summed E-state index contributed by atoms with van der Waals surface area (Å²) in [5.41, 5.74) is 2.29. The number of benzene rings is 2. The Morgan fingerprint density at radius 2 is 1.89 bits per heavy atom. The Morgan fingerprint density at radius 1 is 1.13 bits per heavy atom. The average molecular weight is 667 g/mol. The van der Waals surface area contributed by atoms with Crippen LogP contribution in [-0.4, -0.2) is 97.5 Å². The molecule has 1 atom stereocenters. The second kappa shape index (κ2) is 15.0. The summed E-state index contributed by atoms with van der Waals surface area (Å²) in [5.74, 6) is 0.914. The van der Waals surface area contributed by atoms with Crippen LogP contribution in [0.4, 0.5) is 28.8 Å². The molecule has 3 aromatic rings. The fourth-order valence-electron chi connectivity index (χ4n) is 6.06. The van der Waals surface area contributed by atoms with Gasteiger partial charge in [-0.15, -0.1) is 0 Å². The molecule has 2 aliphatic rings. The number of hydrogen-bond donors (Lipinski definition) is 4. The molecule has 1 unspecified atom stereocenters. The van der Waals surface area contributed by atoms with Crippen molar-refractivity contribution in [2.75, 3.05) is 75.7 Å². The van der Waals surface area contributed by atoms with Crippen molar-refractivity contribution in [3.8, 4) is 5.75 Å². The number of nitrogens with one attached hydrogen (secondary N) is 4. The van der Waals surface area contributed by atoms with Crippen molar-refractivity contribution >= 4 is 58.8 Å². The van der Waals surface area contributed by atoms with Crippen molar-refractivity contribution in [3.05, 3.63) is 65.8 Å². The average Bonchev–Trinajstić information content (AvgIpc) is 3.03. The van der Waals surface area contributed by atoms with Crippen LogP contribution >= 0.6 is 18.7 Å². The number of halogens is 1. The first-order valence-corrected chi connectivity index (χ1v) is 18.6. The maximum Gasteiger partial charge on any atom is 0.252 e. The molecule has 11 nitrogen and oxygen atoms in total. The van der Waals surface area contributed by atoms with E-state index in [1.807, 2.05) is 24.3 Å². The van der Waals surface area contributed by atoms with Gasteiger partial charge in [-0.25, -0.2) is 4.98 Å². The number of para-hydroxylation sites is 1. The van der Waals surface area contributed by atoms with Crippen LogP contribution in [0.25, 0.3) is 0 Å². The van der Waals surface area contributed by atoms with Crippen molar-refractivity contribution in [2.24, 2.45) is 0 Å². The topological polar surface area (TPSA) is 124 Å². The van der Waals surface area contributed by atoms with Gasteiger partial charge in [0.25, 0.3) is 5.91 Å². The highest BCUT2D eigenvalue weighted by Crippen LogP contribution is 2.39. The maximum atomic E-state index is 13.1. The van der Waals surface area contributed by atoms with Gasteiger partial charge in [0.15, 0.2) is 5.82 Å². The van der Waals surface area contributed by atoms with Gasteiger partial charge < -0.3 is 30.6 Å². The summed E-state index contributed by atoms with van der Waals surface area (Å²) in [5, 5.41) is 13.8. The molecular formula is C33H44ClN8O3P. The molecule has 5 rings (SSSR count). The third kappa shape index (κ3) is 8.46. The van der Waals surface area contributed by atoms with Crippen LogP contribution in [0.5, 0.6) is 5.75 Å². The number of carbonyl (C=O) groups excluding carboxylic acids is 1. The third-order valence-corrected chi connectivity index (χ3v) is 10.3. The van der Waals surface area contributed by atoms with E-state index in [0.29, 0.717) is 63.2 Å². The molecule has 4 N–H and O–H groups in total. The highest BCUT2D eigenvalue weighted by molar-refractivity contribution is 7.70. The van der Waals surface area contributed by atoms with Crippen LogP contribution in [0.2, 0.25) is 5.02 Å². The van der Waals surface area contributed by atoms with Gasteiger partial charge in [0, 0.05) is 54.8 Å². The summed E-state index contributed by atoms with van der Waals surface area (Å²) in [7, 11) is -0.996. The van der Waals surface area contributed by atoms with Gasteiger partial charge in [-0.1, -0.05) is 30.3 Å². The Kier molecular flexibility index (Phi) is 11.0. The predicted octanol–water partition coefficient (Wildman–Crippen LogP) is 5.13. The zero-order valence-electron chi connectivity index (χ0n) is 27.0. The minimum atomic E-state index is -2.56. The Morgan fingerprint density at radius 3 is 2.61 bits per heavy atom. The van der Waals surface area contributed by atoms with Gasteiger partial charge in [-0.3, -0.25) is 14.6 Å². The van der Waals surface area contributed by atoms with E-state index in [0.717, 1.165) is 45.6 Å². The van der Waals surface area contributed by atoms with Crippen LogP contribution in [0, 0.1) is 0 Å². The van der Waals surface area contributed by atoms with Crippen LogP contribution in [0.1, 0.15) is 19.8 Å². The zero-order chi connectivity index (χ0) is 32.8. The van der Waals surface area contributed by atoms with Gasteiger partial charge in [0.2, 0.25) is 5.95 Å². The van der Waals surface area contributed by atoms with E-state index in [-0.39, 0.29) is 11.9 Å². The maximum absolute atomic E-state index is 13.1. The summed E-state index contributed by atoms with van der Waals surface area (Å²) in [6, 6.07) is 13.8. The number of aromatic nitrogens is 2. The van der Waals surface area contributed by atoms with Crippen LogP contribution in [-0.2, 0) is 9.36 Å². The number of amides is 1. The molecule has 3 heterocycles. The number of piperazine rings is 1. The molecule has 246 valence electrons. The fraction of sp³-hybridized carbons (Fsp3) is 0.424. The van der Waals surface area contributed by atoms with E-state index >= 15 is 0 Å². The number of anilines is 5. The summed E-state index contributed by atoms with van der Waals surface area (Å²) in [4.78, 5) is 27.0. The number of nitrogens with zero attached hydrogens (tertiary/aromatic N) is 4. The van der Waals surface area contributed by atoms with Crippen molar-refractivity contribution in [3.63, 3.8) is 0 Å². The first-order valence-electron chi connectivity index (χ1n) is 15.6. The largest absolute Gasteiger partial charge is 0.495 e. The van der Waals surface area contributed by atoms with E-state index in [2.05, 4.69) is 54.5 Å². The summed E-state index contributed by atoms with van der Waals surface area (Å²) in [6.07, 6.45) is 3.68. The zero-order valence-corrected chi connectivity index (χ0v) is 28.6. The molecular weight excluding hydrogens is 623 g/mol. The fourth-order valence-corrected chi connectivity index (χ4v) is 7.36. The molecule has 2 saturated heterocycles. The van der Waals surface area contributed by atoms with Crippen LogP contribution < -0.4 is 31.3 Å². The molecule has 2 aromatic carbocycles. The molecule has 1 aromatic heterocycles. The smallest absolute Gasteiger partial charge is 0.252 e. The molecule has 0 bridgehead atoms. The van der Waals surface area contributed by atoms with E-state index in [1.165, 1.54) is 6.20 Å². The quantitative estimate of drug-likeness (QED) is 0.162. The number of likely N-dealkylation sites (tertiary alicyclic amines) is 1. The Hall–Kier alpha value is -3.47. The lowest BCUT2D eigenvalue weighted by atomic mass is 10.00. The number of ether oxygens (including phenoxy) is 1. The van der Waals surface area contributed by atoms with Gasteiger partial charge in [0.05, 0.1) is 24.7 Å². The standard InChI is InChI=1S/C33H44ClN8O3P/c1-22(21-41-15-12-25(13-16-41)42-17-14-35-19-23(42)2)32(43)37-24-10-11-29(45-3)28(18-24)39-33-36-20-26(34)31(40-33)38-27-8-6-7-9-30(27)46(4,5)44/h6-11,18,20,23,25,35H,1,12-17,19,21H2,2-5H3,(H,37,43)(H2,36,38,39,40). The van der Waals surface area contributed by atoms with Gasteiger partial charge in [-0.2, -0.15) is 4.98 Å². The first kappa shape index (κ1) is 33.9. The van der Waals surface area contributed by atoms with E-state index < -0.39 is 7.14 Å².